The standard InChI is InChI=1S/C12H17F2NO3S/c1-8(15)5-9-6-10(13)12(11(14)7-9)18-3-4-19(2,16)17/h6-8H,3-5,15H2,1-2H3. The van der Waals surface area contributed by atoms with Crippen LogP contribution in [-0.2, 0) is 16.3 Å². The van der Waals surface area contributed by atoms with E-state index in [0.29, 0.717) is 12.0 Å². The van der Waals surface area contributed by atoms with Crippen LogP contribution in [0.15, 0.2) is 12.1 Å². The third kappa shape index (κ3) is 5.52. The summed E-state index contributed by atoms with van der Waals surface area (Å²) in [5.74, 6) is -2.57. The van der Waals surface area contributed by atoms with E-state index in [2.05, 4.69) is 0 Å². The average molecular weight is 293 g/mol. The first-order valence-electron chi connectivity index (χ1n) is 5.73. The summed E-state index contributed by atoms with van der Waals surface area (Å²) in [6.07, 6.45) is 1.37. The molecule has 1 aromatic rings. The second-order valence-electron chi connectivity index (χ2n) is 4.55. The van der Waals surface area contributed by atoms with Gasteiger partial charge in [-0.1, -0.05) is 0 Å². The molecule has 19 heavy (non-hydrogen) atoms. The summed E-state index contributed by atoms with van der Waals surface area (Å²) in [7, 11) is -3.23. The minimum Gasteiger partial charge on any atom is -0.487 e. The highest BCUT2D eigenvalue weighted by Gasteiger charge is 2.14. The van der Waals surface area contributed by atoms with Gasteiger partial charge in [0.2, 0.25) is 0 Å². The highest BCUT2D eigenvalue weighted by atomic mass is 32.2. The number of nitrogens with two attached hydrogens (primary N) is 1. The zero-order valence-corrected chi connectivity index (χ0v) is 11.6. The minimum atomic E-state index is -3.23. The fourth-order valence-electron chi connectivity index (χ4n) is 1.54. The Labute approximate surface area is 111 Å². The average Bonchev–Trinajstić information content (AvgIpc) is 2.19. The molecule has 1 atom stereocenters. The van der Waals surface area contributed by atoms with Gasteiger partial charge in [-0.15, -0.1) is 0 Å². The smallest absolute Gasteiger partial charge is 0.190 e. The van der Waals surface area contributed by atoms with Gasteiger partial charge < -0.3 is 10.5 Å². The van der Waals surface area contributed by atoms with Crippen molar-refractivity contribution in [3.63, 3.8) is 0 Å². The maximum Gasteiger partial charge on any atom is 0.190 e. The Morgan fingerprint density at radius 2 is 1.84 bits per heavy atom. The monoisotopic (exact) mass is 293 g/mol. The molecule has 4 nitrogen and oxygen atoms in total. The molecule has 7 heteroatoms. The molecular weight excluding hydrogens is 276 g/mol. The van der Waals surface area contributed by atoms with E-state index < -0.39 is 27.2 Å². The van der Waals surface area contributed by atoms with E-state index in [-0.39, 0.29) is 18.4 Å². The molecule has 0 amide bonds. The summed E-state index contributed by atoms with van der Waals surface area (Å²) in [5, 5.41) is 0. The van der Waals surface area contributed by atoms with Gasteiger partial charge in [-0.3, -0.25) is 0 Å². The number of hydrogen-bond acceptors (Lipinski definition) is 4. The molecule has 0 radical (unpaired) electrons. The van der Waals surface area contributed by atoms with Crippen molar-refractivity contribution in [2.24, 2.45) is 5.73 Å². The third-order valence-electron chi connectivity index (χ3n) is 2.32. The number of halogens is 2. The molecule has 0 spiro atoms. The Hall–Kier alpha value is -1.21. The minimum absolute atomic E-state index is 0.212. The summed E-state index contributed by atoms with van der Waals surface area (Å²) < 4.78 is 53.9. The summed E-state index contributed by atoms with van der Waals surface area (Å²) in [6.45, 7) is 1.44. The molecule has 0 aromatic heterocycles. The van der Waals surface area contributed by atoms with Crippen LogP contribution in [-0.4, -0.2) is 33.1 Å². The Kier molecular flexibility index (Phi) is 5.25. The normalized spacial score (nSPS) is 13.3. The summed E-state index contributed by atoms with van der Waals surface area (Å²) in [4.78, 5) is 0. The van der Waals surface area contributed by atoms with E-state index in [0.717, 1.165) is 18.4 Å². The molecule has 108 valence electrons. The lowest BCUT2D eigenvalue weighted by molar-refractivity contribution is 0.303. The van der Waals surface area contributed by atoms with E-state index >= 15 is 0 Å². The van der Waals surface area contributed by atoms with E-state index in [1.807, 2.05) is 0 Å². The Morgan fingerprint density at radius 3 is 2.26 bits per heavy atom. The fourth-order valence-corrected chi connectivity index (χ4v) is 1.92. The second kappa shape index (κ2) is 6.29. The van der Waals surface area contributed by atoms with Gasteiger partial charge in [0.05, 0.1) is 5.75 Å². The van der Waals surface area contributed by atoms with Crippen LogP contribution in [0.4, 0.5) is 8.78 Å². The van der Waals surface area contributed by atoms with Crippen LogP contribution in [0.25, 0.3) is 0 Å². The lowest BCUT2D eigenvalue weighted by Crippen LogP contribution is -2.18. The summed E-state index contributed by atoms with van der Waals surface area (Å²) in [6, 6.07) is 2.07. The van der Waals surface area contributed by atoms with Crippen LogP contribution in [0.1, 0.15) is 12.5 Å². The van der Waals surface area contributed by atoms with Gasteiger partial charge in [-0.2, -0.15) is 0 Å². The molecule has 0 saturated carbocycles. The van der Waals surface area contributed by atoms with Crippen molar-refractivity contribution in [1.82, 2.24) is 0 Å². The third-order valence-corrected chi connectivity index (χ3v) is 3.22. The molecule has 2 N–H and O–H groups in total. The predicted molar refractivity (Wildman–Crippen MR) is 68.9 cm³/mol. The Balaban J connectivity index is 2.80. The topological polar surface area (TPSA) is 69.4 Å². The van der Waals surface area contributed by atoms with Crippen LogP contribution in [0, 0.1) is 11.6 Å². The van der Waals surface area contributed by atoms with E-state index in [4.69, 9.17) is 10.5 Å². The van der Waals surface area contributed by atoms with Crippen LogP contribution in [0.5, 0.6) is 5.75 Å². The predicted octanol–water partition coefficient (Wildman–Crippen LogP) is 1.28. The lowest BCUT2D eigenvalue weighted by Gasteiger charge is -2.11. The number of ether oxygens (including phenoxy) is 1. The number of rotatable bonds is 6. The molecule has 0 aliphatic heterocycles. The second-order valence-corrected chi connectivity index (χ2v) is 6.81. The first-order valence-corrected chi connectivity index (χ1v) is 7.79. The van der Waals surface area contributed by atoms with Crippen molar-refractivity contribution >= 4 is 9.84 Å². The van der Waals surface area contributed by atoms with Gasteiger partial charge in [-0.05, 0) is 31.0 Å². The zero-order valence-electron chi connectivity index (χ0n) is 10.8. The first-order chi connectivity index (χ1) is 8.69. The van der Waals surface area contributed by atoms with Crippen LogP contribution in [0.3, 0.4) is 0 Å². The molecule has 0 aliphatic carbocycles. The molecular formula is C12H17F2NO3S. The van der Waals surface area contributed by atoms with Crippen molar-refractivity contribution < 1.29 is 21.9 Å². The molecule has 0 fully saturated rings. The summed E-state index contributed by atoms with van der Waals surface area (Å²) in [5.41, 5.74) is 5.98. The van der Waals surface area contributed by atoms with Crippen molar-refractivity contribution in [3.8, 4) is 5.75 Å². The van der Waals surface area contributed by atoms with E-state index in [9.17, 15) is 17.2 Å². The highest BCUT2D eigenvalue weighted by Crippen LogP contribution is 2.23. The van der Waals surface area contributed by atoms with Gasteiger partial charge in [0, 0.05) is 12.3 Å². The molecule has 0 aliphatic rings. The Morgan fingerprint density at radius 1 is 1.32 bits per heavy atom. The lowest BCUT2D eigenvalue weighted by atomic mass is 10.1. The SMILES string of the molecule is CC(N)Cc1cc(F)c(OCCS(C)(=O)=O)c(F)c1. The molecule has 1 aromatic carbocycles. The fraction of sp³-hybridized carbons (Fsp3) is 0.500. The number of sulfone groups is 1. The Bertz CT molecular complexity index is 521. The molecule has 0 saturated heterocycles. The molecule has 1 rings (SSSR count). The van der Waals surface area contributed by atoms with E-state index in [1.54, 1.807) is 6.92 Å². The number of hydrogen-bond donors (Lipinski definition) is 1. The zero-order chi connectivity index (χ0) is 14.6. The largest absolute Gasteiger partial charge is 0.487 e. The maximum atomic E-state index is 13.6. The van der Waals surface area contributed by atoms with Crippen molar-refractivity contribution in [2.45, 2.75) is 19.4 Å². The maximum absolute atomic E-state index is 13.6. The molecule has 0 bridgehead atoms. The van der Waals surface area contributed by atoms with Crippen LogP contribution < -0.4 is 10.5 Å². The van der Waals surface area contributed by atoms with Crippen molar-refractivity contribution in [2.75, 3.05) is 18.6 Å². The van der Waals surface area contributed by atoms with Gasteiger partial charge in [0.15, 0.2) is 27.2 Å². The molecule has 0 heterocycles. The van der Waals surface area contributed by atoms with Gasteiger partial charge in [-0.25, -0.2) is 17.2 Å². The number of benzene rings is 1. The summed E-state index contributed by atoms with van der Waals surface area (Å²) >= 11 is 0. The van der Waals surface area contributed by atoms with Crippen LogP contribution >= 0.6 is 0 Å². The van der Waals surface area contributed by atoms with Gasteiger partial charge in [0.1, 0.15) is 6.61 Å². The quantitative estimate of drug-likeness (QED) is 0.858. The van der Waals surface area contributed by atoms with Gasteiger partial charge >= 0.3 is 0 Å². The van der Waals surface area contributed by atoms with Crippen molar-refractivity contribution in [3.05, 3.63) is 29.3 Å². The molecule has 1 unspecified atom stereocenters. The first kappa shape index (κ1) is 15.8. The van der Waals surface area contributed by atoms with Gasteiger partial charge in [0.25, 0.3) is 0 Å². The van der Waals surface area contributed by atoms with Crippen molar-refractivity contribution in [1.29, 1.82) is 0 Å². The van der Waals surface area contributed by atoms with E-state index in [1.165, 1.54) is 0 Å². The highest BCUT2D eigenvalue weighted by molar-refractivity contribution is 7.90. The van der Waals surface area contributed by atoms with Crippen LogP contribution in [0.2, 0.25) is 0 Å².